The van der Waals surface area contributed by atoms with Gasteiger partial charge in [0.05, 0.1) is 13.6 Å². The molecule has 0 aliphatic rings. The van der Waals surface area contributed by atoms with Crippen LogP contribution in [0.3, 0.4) is 0 Å². The Hall–Kier alpha value is -0.340. The standard InChI is InChI=1S/C11H8Br2F2N2S/c12-8-4-6(11(13)18-8)10(17-16)5-2-1-3-7(14)9(5)15/h1-4,10,17H,16H2. The van der Waals surface area contributed by atoms with Gasteiger partial charge in [-0.1, -0.05) is 12.1 Å². The second-order valence-corrected chi connectivity index (χ2v) is 7.27. The monoisotopic (exact) mass is 396 g/mol. The Labute approximate surface area is 123 Å². The van der Waals surface area contributed by atoms with Gasteiger partial charge in [-0.05, 0) is 44.0 Å². The van der Waals surface area contributed by atoms with Crippen LogP contribution in [-0.2, 0) is 0 Å². The summed E-state index contributed by atoms with van der Waals surface area (Å²) in [4.78, 5) is 0. The predicted octanol–water partition coefficient (Wildman–Crippen LogP) is 4.10. The fraction of sp³-hybridized carbons (Fsp3) is 0.0909. The molecule has 7 heteroatoms. The van der Waals surface area contributed by atoms with Gasteiger partial charge in [0.2, 0.25) is 0 Å². The minimum absolute atomic E-state index is 0.170. The third kappa shape index (κ3) is 2.65. The molecule has 0 amide bonds. The summed E-state index contributed by atoms with van der Waals surface area (Å²) in [5.74, 6) is 3.68. The molecule has 0 radical (unpaired) electrons. The smallest absolute Gasteiger partial charge is 0.163 e. The van der Waals surface area contributed by atoms with E-state index in [1.165, 1.54) is 23.5 Å². The van der Waals surface area contributed by atoms with Crippen LogP contribution >= 0.6 is 43.2 Å². The number of rotatable bonds is 3. The zero-order valence-corrected chi connectivity index (χ0v) is 12.9. The molecule has 0 aliphatic heterocycles. The molecule has 0 saturated carbocycles. The summed E-state index contributed by atoms with van der Waals surface area (Å²) in [7, 11) is 0. The normalized spacial score (nSPS) is 12.7. The lowest BCUT2D eigenvalue weighted by molar-refractivity contribution is 0.483. The van der Waals surface area contributed by atoms with Crippen molar-refractivity contribution in [3.8, 4) is 0 Å². The van der Waals surface area contributed by atoms with Crippen molar-refractivity contribution in [2.45, 2.75) is 6.04 Å². The Morgan fingerprint density at radius 1 is 1.22 bits per heavy atom. The van der Waals surface area contributed by atoms with Crippen LogP contribution in [0.5, 0.6) is 0 Å². The Balaban J connectivity index is 2.52. The Morgan fingerprint density at radius 3 is 2.50 bits per heavy atom. The second-order valence-electron chi connectivity index (χ2n) is 3.52. The second kappa shape index (κ2) is 5.75. The summed E-state index contributed by atoms with van der Waals surface area (Å²) in [5, 5.41) is 0. The van der Waals surface area contributed by atoms with Crippen LogP contribution in [0.1, 0.15) is 17.2 Å². The summed E-state index contributed by atoms with van der Waals surface area (Å²) in [6, 6.07) is 5.22. The first-order chi connectivity index (χ1) is 8.54. The van der Waals surface area contributed by atoms with Gasteiger partial charge in [-0.2, -0.15) is 0 Å². The maximum Gasteiger partial charge on any atom is 0.163 e. The predicted molar refractivity (Wildman–Crippen MR) is 75.2 cm³/mol. The highest BCUT2D eigenvalue weighted by Crippen LogP contribution is 2.38. The number of halogens is 4. The molecule has 1 atom stereocenters. The van der Waals surface area contributed by atoms with Crippen LogP contribution in [0.15, 0.2) is 31.8 Å². The molecular weight excluding hydrogens is 390 g/mol. The zero-order valence-electron chi connectivity index (χ0n) is 8.88. The number of nitrogens with one attached hydrogen (secondary N) is 1. The minimum atomic E-state index is -0.894. The van der Waals surface area contributed by atoms with Crippen LogP contribution in [-0.4, -0.2) is 0 Å². The van der Waals surface area contributed by atoms with Crippen LogP contribution < -0.4 is 11.3 Å². The van der Waals surface area contributed by atoms with Crippen molar-refractivity contribution in [1.82, 2.24) is 5.43 Å². The van der Waals surface area contributed by atoms with Gasteiger partial charge in [-0.25, -0.2) is 14.2 Å². The average molecular weight is 398 g/mol. The molecule has 0 fully saturated rings. The van der Waals surface area contributed by atoms with E-state index in [1.54, 1.807) is 0 Å². The highest BCUT2D eigenvalue weighted by atomic mass is 79.9. The summed E-state index contributed by atoms with van der Waals surface area (Å²) in [6.45, 7) is 0. The van der Waals surface area contributed by atoms with Crippen molar-refractivity contribution in [2.24, 2.45) is 5.84 Å². The van der Waals surface area contributed by atoms with Crippen molar-refractivity contribution in [1.29, 1.82) is 0 Å². The third-order valence-electron chi connectivity index (χ3n) is 2.45. The van der Waals surface area contributed by atoms with Gasteiger partial charge in [0.25, 0.3) is 0 Å². The Kier molecular flexibility index (Phi) is 4.50. The van der Waals surface area contributed by atoms with Gasteiger partial charge in [0.1, 0.15) is 0 Å². The summed E-state index contributed by atoms with van der Waals surface area (Å²) in [5.41, 5.74) is 3.42. The highest BCUT2D eigenvalue weighted by molar-refractivity contribution is 9.12. The lowest BCUT2D eigenvalue weighted by Gasteiger charge is -2.16. The van der Waals surface area contributed by atoms with E-state index < -0.39 is 17.7 Å². The lowest BCUT2D eigenvalue weighted by atomic mass is 10.0. The van der Waals surface area contributed by atoms with Crippen molar-refractivity contribution in [2.75, 3.05) is 0 Å². The molecule has 0 bridgehead atoms. The number of hydrogen-bond acceptors (Lipinski definition) is 3. The number of hydrogen-bond donors (Lipinski definition) is 2. The molecule has 0 spiro atoms. The molecule has 1 aromatic heterocycles. The van der Waals surface area contributed by atoms with E-state index in [0.29, 0.717) is 0 Å². The molecule has 1 aromatic carbocycles. The first-order valence-electron chi connectivity index (χ1n) is 4.89. The van der Waals surface area contributed by atoms with E-state index in [2.05, 4.69) is 37.3 Å². The number of benzene rings is 1. The molecule has 1 heterocycles. The van der Waals surface area contributed by atoms with Crippen LogP contribution in [0.2, 0.25) is 0 Å². The molecule has 96 valence electrons. The fourth-order valence-corrected chi connectivity index (χ4v) is 4.54. The molecule has 18 heavy (non-hydrogen) atoms. The van der Waals surface area contributed by atoms with Crippen LogP contribution in [0.4, 0.5) is 8.78 Å². The fourth-order valence-electron chi connectivity index (χ4n) is 1.64. The first kappa shape index (κ1) is 14.1. The van der Waals surface area contributed by atoms with Crippen molar-refractivity contribution >= 4 is 43.2 Å². The molecule has 2 rings (SSSR count). The van der Waals surface area contributed by atoms with E-state index in [-0.39, 0.29) is 5.56 Å². The third-order valence-corrected chi connectivity index (χ3v) is 4.84. The SMILES string of the molecule is NNC(c1cc(Br)sc1Br)c1cccc(F)c1F. The lowest BCUT2D eigenvalue weighted by Crippen LogP contribution is -2.29. The average Bonchev–Trinajstić information content (AvgIpc) is 2.65. The number of thiophene rings is 1. The van der Waals surface area contributed by atoms with Crippen molar-refractivity contribution in [3.05, 3.63) is 54.6 Å². The van der Waals surface area contributed by atoms with E-state index >= 15 is 0 Å². The topological polar surface area (TPSA) is 38.0 Å². The first-order valence-corrected chi connectivity index (χ1v) is 7.29. The minimum Gasteiger partial charge on any atom is -0.271 e. The van der Waals surface area contributed by atoms with E-state index in [9.17, 15) is 8.78 Å². The number of nitrogens with two attached hydrogens (primary N) is 1. The highest BCUT2D eigenvalue weighted by Gasteiger charge is 2.22. The maximum atomic E-state index is 13.8. The van der Waals surface area contributed by atoms with Gasteiger partial charge in [-0.15, -0.1) is 11.3 Å². The van der Waals surface area contributed by atoms with E-state index in [1.807, 2.05) is 6.07 Å². The largest absolute Gasteiger partial charge is 0.271 e. The molecule has 0 aliphatic carbocycles. The quantitative estimate of drug-likeness (QED) is 0.604. The Bertz CT molecular complexity index is 574. The van der Waals surface area contributed by atoms with Crippen LogP contribution in [0.25, 0.3) is 0 Å². The van der Waals surface area contributed by atoms with Gasteiger partial charge in [0, 0.05) is 11.1 Å². The van der Waals surface area contributed by atoms with E-state index in [4.69, 9.17) is 5.84 Å². The van der Waals surface area contributed by atoms with Gasteiger partial charge in [0.15, 0.2) is 11.6 Å². The van der Waals surface area contributed by atoms with Crippen molar-refractivity contribution < 1.29 is 8.78 Å². The summed E-state index contributed by atoms with van der Waals surface area (Å²) < 4.78 is 28.7. The summed E-state index contributed by atoms with van der Waals surface area (Å²) >= 11 is 8.15. The molecule has 2 aromatic rings. The molecular formula is C11H8Br2F2N2S. The maximum absolute atomic E-state index is 13.8. The summed E-state index contributed by atoms with van der Waals surface area (Å²) in [6.07, 6.45) is 0. The Morgan fingerprint density at radius 2 is 1.94 bits per heavy atom. The van der Waals surface area contributed by atoms with Gasteiger partial charge >= 0.3 is 0 Å². The number of hydrazine groups is 1. The molecule has 3 N–H and O–H groups in total. The zero-order chi connectivity index (χ0) is 13.3. The molecule has 0 saturated heterocycles. The molecule has 1 unspecified atom stereocenters. The van der Waals surface area contributed by atoms with E-state index in [0.717, 1.165) is 19.2 Å². The van der Waals surface area contributed by atoms with Gasteiger partial charge in [-0.3, -0.25) is 5.84 Å². The van der Waals surface area contributed by atoms with Crippen molar-refractivity contribution in [3.63, 3.8) is 0 Å². The van der Waals surface area contributed by atoms with Crippen LogP contribution in [0, 0.1) is 11.6 Å². The van der Waals surface area contributed by atoms with Gasteiger partial charge < -0.3 is 0 Å². The molecule has 2 nitrogen and oxygen atoms in total.